The number of carbonyl (C=O) groups is 1. The molecule has 2 rings (SSSR count). The lowest BCUT2D eigenvalue weighted by molar-refractivity contribution is -0.116. The van der Waals surface area contributed by atoms with E-state index in [1.807, 2.05) is 30.7 Å². The fourth-order valence-electron chi connectivity index (χ4n) is 1.77. The molecule has 1 heterocycles. The van der Waals surface area contributed by atoms with Crippen LogP contribution in [-0.4, -0.2) is 23.2 Å². The van der Waals surface area contributed by atoms with Gasteiger partial charge in [0.1, 0.15) is 0 Å². The van der Waals surface area contributed by atoms with Gasteiger partial charge in [-0.25, -0.2) is 4.98 Å². The van der Waals surface area contributed by atoms with Crippen LogP contribution in [0.2, 0.25) is 0 Å². The van der Waals surface area contributed by atoms with Crippen LogP contribution < -0.4 is 11.1 Å². The van der Waals surface area contributed by atoms with Crippen molar-refractivity contribution < 1.29 is 4.79 Å². The minimum Gasteiger partial charge on any atom is -0.328 e. The molecule has 1 aromatic carbocycles. The fraction of sp³-hybridized carbons (Fsp3) is 0.333. The number of hydrogen-bond acceptors (Lipinski definition) is 5. The zero-order chi connectivity index (χ0) is 15.2. The summed E-state index contributed by atoms with van der Waals surface area (Å²) in [5.74, 6) is -0.0362. The minimum atomic E-state index is -0.0362. The number of hydrogen-bond donors (Lipinski definition) is 2. The van der Waals surface area contributed by atoms with E-state index in [0.29, 0.717) is 18.0 Å². The number of nitrogens with two attached hydrogens (primary N) is 1. The lowest BCUT2D eigenvalue weighted by Gasteiger charge is -2.04. The van der Waals surface area contributed by atoms with Gasteiger partial charge in [0.2, 0.25) is 5.91 Å². The molecule has 7 heteroatoms. The summed E-state index contributed by atoms with van der Waals surface area (Å²) in [5, 5.41) is 5.41. The maximum Gasteiger partial charge on any atom is 0.226 e. The number of rotatable bonds is 6. The van der Waals surface area contributed by atoms with Crippen molar-refractivity contribution in [2.45, 2.75) is 30.7 Å². The van der Waals surface area contributed by atoms with E-state index in [9.17, 15) is 4.79 Å². The number of carbonyl (C=O) groups excluding carboxylic acids is 1. The van der Waals surface area contributed by atoms with E-state index in [1.54, 1.807) is 11.8 Å². The zero-order valence-electron chi connectivity index (χ0n) is 12.5. The van der Waals surface area contributed by atoms with Crippen molar-refractivity contribution in [1.82, 2.24) is 4.98 Å². The van der Waals surface area contributed by atoms with E-state index >= 15 is 0 Å². The molecular formula is C15H20ClN3OS2. The quantitative estimate of drug-likeness (QED) is 0.766. The number of halogens is 1. The Balaban J connectivity index is 0.00000242. The van der Waals surface area contributed by atoms with Crippen LogP contribution in [0.4, 0.5) is 5.13 Å². The molecule has 1 amide bonds. The molecule has 0 fully saturated rings. The first-order valence-corrected chi connectivity index (χ1v) is 8.84. The number of benzene rings is 1. The van der Waals surface area contributed by atoms with Gasteiger partial charge in [0, 0.05) is 28.3 Å². The smallest absolute Gasteiger partial charge is 0.226 e. The Bertz CT molecular complexity index is 599. The van der Waals surface area contributed by atoms with Crippen LogP contribution in [0.25, 0.3) is 11.3 Å². The number of thioether (sulfide) groups is 1. The summed E-state index contributed by atoms with van der Waals surface area (Å²) in [6, 6.07) is 8.27. The monoisotopic (exact) mass is 357 g/mol. The highest BCUT2D eigenvalue weighted by atomic mass is 35.5. The van der Waals surface area contributed by atoms with Crippen molar-refractivity contribution in [3.8, 4) is 11.3 Å². The molecule has 22 heavy (non-hydrogen) atoms. The average molecular weight is 358 g/mol. The van der Waals surface area contributed by atoms with Crippen LogP contribution in [0, 0.1) is 0 Å². The standard InChI is InChI=1S/C15H19N3OS2.ClH/c1-10(16)3-8-14(19)18-15-17-13(9-21-15)11-4-6-12(20-2)7-5-11;/h4-7,9-10H,3,8,16H2,1-2H3,(H,17,18,19);1H. The second-order valence-electron chi connectivity index (χ2n) is 4.83. The molecule has 1 unspecified atom stereocenters. The van der Waals surface area contributed by atoms with Crippen LogP contribution >= 0.6 is 35.5 Å². The Morgan fingerprint density at radius 2 is 2.09 bits per heavy atom. The van der Waals surface area contributed by atoms with Gasteiger partial charge in [-0.2, -0.15) is 0 Å². The number of thiazole rings is 1. The number of nitrogens with one attached hydrogen (secondary N) is 1. The molecule has 0 bridgehead atoms. The zero-order valence-corrected chi connectivity index (χ0v) is 15.0. The molecule has 0 saturated carbocycles. The van der Waals surface area contributed by atoms with Gasteiger partial charge in [0.05, 0.1) is 5.69 Å². The molecule has 0 aliphatic rings. The van der Waals surface area contributed by atoms with Crippen molar-refractivity contribution in [1.29, 1.82) is 0 Å². The SMILES string of the molecule is CSc1ccc(-c2csc(NC(=O)CCC(C)N)n2)cc1.Cl. The average Bonchev–Trinajstić information content (AvgIpc) is 2.93. The van der Waals surface area contributed by atoms with Gasteiger partial charge in [-0.3, -0.25) is 4.79 Å². The van der Waals surface area contributed by atoms with Crippen LogP contribution in [0.15, 0.2) is 34.5 Å². The largest absolute Gasteiger partial charge is 0.328 e. The third-order valence-corrected chi connectivity index (χ3v) is 4.46. The van der Waals surface area contributed by atoms with Crippen molar-refractivity contribution in [2.24, 2.45) is 5.73 Å². The van der Waals surface area contributed by atoms with Gasteiger partial charge < -0.3 is 11.1 Å². The van der Waals surface area contributed by atoms with Crippen LogP contribution in [-0.2, 0) is 4.79 Å². The Morgan fingerprint density at radius 3 is 2.68 bits per heavy atom. The van der Waals surface area contributed by atoms with Crippen LogP contribution in [0.5, 0.6) is 0 Å². The first-order chi connectivity index (χ1) is 10.1. The molecule has 120 valence electrons. The molecule has 2 aromatic rings. The number of nitrogens with zero attached hydrogens (tertiary/aromatic N) is 1. The van der Waals surface area contributed by atoms with E-state index in [1.165, 1.54) is 16.2 Å². The molecule has 0 saturated heterocycles. The van der Waals surface area contributed by atoms with Crippen molar-refractivity contribution in [3.63, 3.8) is 0 Å². The van der Waals surface area contributed by atoms with Gasteiger partial charge in [-0.1, -0.05) is 12.1 Å². The molecule has 0 spiro atoms. The topological polar surface area (TPSA) is 68.0 Å². The summed E-state index contributed by atoms with van der Waals surface area (Å²) in [6.07, 6.45) is 3.16. The lowest BCUT2D eigenvalue weighted by atomic mass is 10.2. The third-order valence-electron chi connectivity index (χ3n) is 2.96. The van der Waals surface area contributed by atoms with Gasteiger partial charge in [-0.05, 0) is 31.7 Å². The van der Waals surface area contributed by atoms with Crippen LogP contribution in [0.1, 0.15) is 19.8 Å². The van der Waals surface area contributed by atoms with E-state index in [4.69, 9.17) is 5.73 Å². The first-order valence-electron chi connectivity index (χ1n) is 6.74. The number of amides is 1. The number of aromatic nitrogens is 1. The maximum atomic E-state index is 11.7. The lowest BCUT2D eigenvalue weighted by Crippen LogP contribution is -2.19. The first kappa shape index (κ1) is 19.0. The highest BCUT2D eigenvalue weighted by molar-refractivity contribution is 7.98. The van der Waals surface area contributed by atoms with E-state index < -0.39 is 0 Å². The van der Waals surface area contributed by atoms with Gasteiger partial charge in [0.15, 0.2) is 5.13 Å². The second-order valence-corrected chi connectivity index (χ2v) is 6.57. The molecule has 3 N–H and O–H groups in total. The highest BCUT2D eigenvalue weighted by Crippen LogP contribution is 2.26. The second kappa shape index (κ2) is 9.15. The van der Waals surface area contributed by atoms with Gasteiger partial charge >= 0.3 is 0 Å². The summed E-state index contributed by atoms with van der Waals surface area (Å²) in [5.41, 5.74) is 7.58. The molecule has 0 aliphatic carbocycles. The normalized spacial score (nSPS) is 11.6. The van der Waals surface area contributed by atoms with Crippen molar-refractivity contribution in [3.05, 3.63) is 29.6 Å². The van der Waals surface area contributed by atoms with E-state index in [-0.39, 0.29) is 24.4 Å². The Hall–Kier alpha value is -1.08. The Labute approximate surface area is 145 Å². The Morgan fingerprint density at radius 1 is 1.41 bits per heavy atom. The summed E-state index contributed by atoms with van der Waals surface area (Å²) in [6.45, 7) is 1.90. The molecule has 0 aliphatic heterocycles. The summed E-state index contributed by atoms with van der Waals surface area (Å²) in [7, 11) is 0. The van der Waals surface area contributed by atoms with Crippen LogP contribution in [0.3, 0.4) is 0 Å². The number of anilines is 1. The summed E-state index contributed by atoms with van der Waals surface area (Å²) >= 11 is 3.15. The van der Waals surface area contributed by atoms with Crippen molar-refractivity contribution >= 4 is 46.5 Å². The third kappa shape index (κ3) is 5.61. The molecule has 1 atom stereocenters. The van der Waals surface area contributed by atoms with E-state index in [2.05, 4.69) is 22.4 Å². The molecule has 4 nitrogen and oxygen atoms in total. The summed E-state index contributed by atoms with van der Waals surface area (Å²) < 4.78 is 0. The van der Waals surface area contributed by atoms with E-state index in [0.717, 1.165) is 11.3 Å². The van der Waals surface area contributed by atoms with Gasteiger partial charge in [-0.15, -0.1) is 35.5 Å². The summed E-state index contributed by atoms with van der Waals surface area (Å²) in [4.78, 5) is 17.4. The predicted molar refractivity (Wildman–Crippen MR) is 98.1 cm³/mol. The van der Waals surface area contributed by atoms with Crippen molar-refractivity contribution in [2.75, 3.05) is 11.6 Å². The molecule has 0 radical (unpaired) electrons. The maximum absolute atomic E-state index is 11.7. The highest BCUT2D eigenvalue weighted by Gasteiger charge is 2.08. The van der Waals surface area contributed by atoms with Gasteiger partial charge in [0.25, 0.3) is 0 Å². The Kier molecular flexibility index (Phi) is 7.89. The molecule has 1 aromatic heterocycles. The minimum absolute atomic E-state index is 0. The predicted octanol–water partition coefficient (Wildman–Crippen LogP) is 4.02. The molecular weight excluding hydrogens is 338 g/mol. The fourth-order valence-corrected chi connectivity index (χ4v) is 2.91.